The zero-order valence-electron chi connectivity index (χ0n) is 9.12. The van der Waals surface area contributed by atoms with Gasteiger partial charge in [-0.15, -0.1) is 0 Å². The van der Waals surface area contributed by atoms with Gasteiger partial charge in [0.1, 0.15) is 0 Å². The summed E-state index contributed by atoms with van der Waals surface area (Å²) in [7, 11) is 1.57. The lowest BCUT2D eigenvalue weighted by molar-refractivity contribution is -0.384. The SMILES string of the molecule is CN(CC(N)=O)c1ccc([N+](=O)[O-])cc1C=O. The van der Waals surface area contributed by atoms with Crippen molar-refractivity contribution >= 4 is 23.6 Å². The number of rotatable bonds is 5. The van der Waals surface area contributed by atoms with E-state index in [1.165, 1.54) is 17.0 Å². The van der Waals surface area contributed by atoms with Gasteiger partial charge < -0.3 is 10.6 Å². The van der Waals surface area contributed by atoms with Crippen molar-refractivity contribution in [2.24, 2.45) is 5.73 Å². The van der Waals surface area contributed by atoms with Crippen LogP contribution in [0.15, 0.2) is 18.2 Å². The summed E-state index contributed by atoms with van der Waals surface area (Å²) >= 11 is 0. The Morgan fingerprint density at radius 3 is 2.71 bits per heavy atom. The van der Waals surface area contributed by atoms with Crippen LogP contribution in [0.4, 0.5) is 11.4 Å². The second kappa shape index (κ2) is 5.06. The average molecular weight is 237 g/mol. The van der Waals surface area contributed by atoms with Gasteiger partial charge in [0.15, 0.2) is 6.29 Å². The molecule has 1 amide bonds. The van der Waals surface area contributed by atoms with Crippen molar-refractivity contribution in [3.63, 3.8) is 0 Å². The predicted molar refractivity (Wildman–Crippen MR) is 60.9 cm³/mol. The number of nitrogens with two attached hydrogens (primary N) is 1. The van der Waals surface area contributed by atoms with Gasteiger partial charge in [-0.05, 0) is 6.07 Å². The van der Waals surface area contributed by atoms with Crippen molar-refractivity contribution in [2.45, 2.75) is 0 Å². The number of nitro groups is 1. The van der Waals surface area contributed by atoms with E-state index in [0.717, 1.165) is 6.07 Å². The molecule has 0 fully saturated rings. The Morgan fingerprint density at radius 1 is 1.59 bits per heavy atom. The molecule has 0 saturated heterocycles. The van der Waals surface area contributed by atoms with Gasteiger partial charge in [-0.3, -0.25) is 19.7 Å². The van der Waals surface area contributed by atoms with Gasteiger partial charge in [-0.25, -0.2) is 0 Å². The third kappa shape index (κ3) is 3.00. The van der Waals surface area contributed by atoms with E-state index in [9.17, 15) is 19.7 Å². The summed E-state index contributed by atoms with van der Waals surface area (Å²) in [5.41, 5.74) is 5.41. The third-order valence-electron chi connectivity index (χ3n) is 2.15. The maximum Gasteiger partial charge on any atom is 0.270 e. The Morgan fingerprint density at radius 2 is 2.24 bits per heavy atom. The average Bonchev–Trinajstić information content (AvgIpc) is 2.27. The Hall–Kier alpha value is -2.44. The van der Waals surface area contributed by atoms with Crippen LogP contribution in [0.1, 0.15) is 10.4 Å². The molecule has 0 aliphatic carbocycles. The molecule has 1 rings (SSSR count). The Labute approximate surface area is 97.0 Å². The van der Waals surface area contributed by atoms with Crippen LogP contribution in [0, 0.1) is 10.1 Å². The van der Waals surface area contributed by atoms with Crippen molar-refractivity contribution in [3.05, 3.63) is 33.9 Å². The van der Waals surface area contributed by atoms with Gasteiger partial charge in [0, 0.05) is 30.4 Å². The Bertz CT molecular complexity index is 473. The first-order chi connectivity index (χ1) is 7.95. The summed E-state index contributed by atoms with van der Waals surface area (Å²) in [6, 6.07) is 3.82. The van der Waals surface area contributed by atoms with Crippen LogP contribution >= 0.6 is 0 Å². The minimum Gasteiger partial charge on any atom is -0.368 e. The van der Waals surface area contributed by atoms with Crippen molar-refractivity contribution in [2.75, 3.05) is 18.5 Å². The summed E-state index contributed by atoms with van der Waals surface area (Å²) < 4.78 is 0. The Balaban J connectivity index is 3.12. The lowest BCUT2D eigenvalue weighted by atomic mass is 10.1. The lowest BCUT2D eigenvalue weighted by Gasteiger charge is -2.18. The van der Waals surface area contributed by atoms with Crippen LogP contribution in [0.5, 0.6) is 0 Å². The van der Waals surface area contributed by atoms with E-state index in [4.69, 9.17) is 5.73 Å². The normalized spacial score (nSPS) is 9.71. The van der Waals surface area contributed by atoms with Gasteiger partial charge >= 0.3 is 0 Å². The molecule has 2 N–H and O–H groups in total. The standard InChI is InChI=1S/C10H11N3O4/c1-12(5-10(11)15)9-3-2-8(13(16)17)4-7(9)6-14/h2-4,6H,5H2,1H3,(H2,11,15). The molecular formula is C10H11N3O4. The van der Waals surface area contributed by atoms with E-state index in [2.05, 4.69) is 0 Å². The smallest absolute Gasteiger partial charge is 0.270 e. The first kappa shape index (κ1) is 12.6. The van der Waals surface area contributed by atoms with Gasteiger partial charge in [-0.2, -0.15) is 0 Å². The van der Waals surface area contributed by atoms with Crippen molar-refractivity contribution < 1.29 is 14.5 Å². The van der Waals surface area contributed by atoms with Crippen LogP contribution in [0.25, 0.3) is 0 Å². The summed E-state index contributed by atoms with van der Waals surface area (Å²) in [6.07, 6.45) is 0.500. The highest BCUT2D eigenvalue weighted by atomic mass is 16.6. The van der Waals surface area contributed by atoms with Gasteiger partial charge in [-0.1, -0.05) is 0 Å². The highest BCUT2D eigenvalue weighted by Gasteiger charge is 2.13. The van der Waals surface area contributed by atoms with Crippen LogP contribution in [0.3, 0.4) is 0 Å². The molecule has 0 spiro atoms. The van der Waals surface area contributed by atoms with E-state index in [-0.39, 0.29) is 17.8 Å². The number of nitrogens with zero attached hydrogens (tertiary/aromatic N) is 2. The molecule has 90 valence electrons. The fourth-order valence-corrected chi connectivity index (χ4v) is 1.42. The zero-order chi connectivity index (χ0) is 13.0. The second-order valence-electron chi connectivity index (χ2n) is 3.44. The topological polar surface area (TPSA) is 107 Å². The molecule has 0 atom stereocenters. The fraction of sp³-hybridized carbons (Fsp3) is 0.200. The number of hydrogen-bond donors (Lipinski definition) is 1. The highest BCUT2D eigenvalue weighted by molar-refractivity contribution is 5.88. The number of carbonyl (C=O) groups excluding carboxylic acids is 2. The number of primary amides is 1. The van der Waals surface area contributed by atoms with E-state index in [0.29, 0.717) is 12.0 Å². The number of carbonyl (C=O) groups is 2. The van der Waals surface area contributed by atoms with Crippen molar-refractivity contribution in [1.29, 1.82) is 0 Å². The number of nitro benzene ring substituents is 1. The second-order valence-corrected chi connectivity index (χ2v) is 3.44. The molecule has 7 nitrogen and oxygen atoms in total. The monoisotopic (exact) mass is 237 g/mol. The molecule has 1 aromatic carbocycles. The first-order valence-corrected chi connectivity index (χ1v) is 4.68. The van der Waals surface area contributed by atoms with Crippen molar-refractivity contribution in [3.8, 4) is 0 Å². The lowest BCUT2D eigenvalue weighted by Crippen LogP contribution is -2.31. The zero-order valence-corrected chi connectivity index (χ0v) is 9.12. The number of anilines is 1. The van der Waals surface area contributed by atoms with Crippen molar-refractivity contribution in [1.82, 2.24) is 0 Å². The van der Waals surface area contributed by atoms with E-state index >= 15 is 0 Å². The summed E-state index contributed by atoms with van der Waals surface area (Å²) in [6.45, 7) is -0.0708. The summed E-state index contributed by atoms with van der Waals surface area (Å²) in [4.78, 5) is 33.0. The predicted octanol–water partition coefficient (Wildman–Crippen LogP) is 0.329. The van der Waals surface area contributed by atoms with E-state index < -0.39 is 10.8 Å². The molecule has 17 heavy (non-hydrogen) atoms. The van der Waals surface area contributed by atoms with E-state index in [1.54, 1.807) is 7.05 Å². The minimum absolute atomic E-state index is 0.0708. The maximum absolute atomic E-state index is 10.8. The molecular weight excluding hydrogens is 226 g/mol. The number of hydrogen-bond acceptors (Lipinski definition) is 5. The summed E-state index contributed by atoms with van der Waals surface area (Å²) in [5.74, 6) is -0.553. The maximum atomic E-state index is 10.8. The molecule has 0 aliphatic heterocycles. The van der Waals surface area contributed by atoms with Gasteiger partial charge in [0.05, 0.1) is 11.5 Å². The fourth-order valence-electron chi connectivity index (χ4n) is 1.42. The van der Waals surface area contributed by atoms with Crippen LogP contribution in [0.2, 0.25) is 0 Å². The van der Waals surface area contributed by atoms with E-state index in [1.807, 2.05) is 0 Å². The van der Waals surface area contributed by atoms with Gasteiger partial charge in [0.25, 0.3) is 5.69 Å². The molecule has 7 heteroatoms. The van der Waals surface area contributed by atoms with Gasteiger partial charge in [0.2, 0.25) is 5.91 Å². The molecule has 0 aromatic heterocycles. The molecule has 0 unspecified atom stereocenters. The highest BCUT2D eigenvalue weighted by Crippen LogP contribution is 2.23. The number of non-ortho nitro benzene ring substituents is 1. The largest absolute Gasteiger partial charge is 0.368 e. The number of aldehydes is 1. The molecule has 0 saturated carbocycles. The first-order valence-electron chi connectivity index (χ1n) is 4.68. The third-order valence-corrected chi connectivity index (χ3v) is 2.15. The minimum atomic E-state index is -0.592. The molecule has 1 aromatic rings. The number of likely N-dealkylation sites (N-methyl/N-ethyl adjacent to an activating group) is 1. The van der Waals surface area contributed by atoms with Crippen LogP contribution < -0.4 is 10.6 Å². The molecule has 0 heterocycles. The molecule has 0 aliphatic rings. The molecule has 0 radical (unpaired) electrons. The Kier molecular flexibility index (Phi) is 3.76. The van der Waals surface area contributed by atoms with Crippen LogP contribution in [-0.4, -0.2) is 30.7 Å². The summed E-state index contributed by atoms with van der Waals surface area (Å²) in [5, 5.41) is 10.5. The number of amides is 1. The number of benzene rings is 1. The quantitative estimate of drug-likeness (QED) is 0.451. The van der Waals surface area contributed by atoms with Crippen LogP contribution in [-0.2, 0) is 4.79 Å². The molecule has 0 bridgehead atoms.